The third kappa shape index (κ3) is 3.19. The summed E-state index contributed by atoms with van der Waals surface area (Å²) in [6.07, 6.45) is 3.09. The molecule has 4 nitrogen and oxygen atoms in total. The van der Waals surface area contributed by atoms with E-state index in [2.05, 4.69) is 11.4 Å². The van der Waals surface area contributed by atoms with Crippen LogP contribution in [0, 0.1) is 16.7 Å². The van der Waals surface area contributed by atoms with E-state index in [1.807, 2.05) is 20.8 Å². The summed E-state index contributed by atoms with van der Waals surface area (Å²) >= 11 is 0. The summed E-state index contributed by atoms with van der Waals surface area (Å²) in [4.78, 5) is 12.0. The molecule has 17 heavy (non-hydrogen) atoms. The molecule has 0 aromatic carbocycles. The summed E-state index contributed by atoms with van der Waals surface area (Å²) in [5.74, 6) is 0.0184. The Labute approximate surface area is 103 Å². The number of nitrogens with zero attached hydrogens (tertiary/aromatic N) is 1. The van der Waals surface area contributed by atoms with Gasteiger partial charge in [0.25, 0.3) is 0 Å². The third-order valence-electron chi connectivity index (χ3n) is 3.46. The van der Waals surface area contributed by atoms with Crippen LogP contribution in [0.25, 0.3) is 0 Å². The number of nitrogens with one attached hydrogen (secondary N) is 1. The fraction of sp³-hybridized carbons (Fsp3) is 0.846. The minimum atomic E-state index is -0.543. The second-order valence-electron chi connectivity index (χ2n) is 4.82. The summed E-state index contributed by atoms with van der Waals surface area (Å²) in [5, 5.41) is 11.8. The smallest absolute Gasteiger partial charge is 0.227 e. The molecule has 0 bridgehead atoms. The molecular formula is C13H22N2O2. The number of hydrogen-bond donors (Lipinski definition) is 1. The fourth-order valence-corrected chi connectivity index (χ4v) is 1.81. The molecule has 0 atom stereocenters. The van der Waals surface area contributed by atoms with Crippen LogP contribution in [0.3, 0.4) is 0 Å². The van der Waals surface area contributed by atoms with E-state index in [1.54, 1.807) is 0 Å². The van der Waals surface area contributed by atoms with Gasteiger partial charge >= 0.3 is 0 Å². The molecule has 0 aromatic rings. The maximum atomic E-state index is 12.0. The number of rotatable bonds is 2. The van der Waals surface area contributed by atoms with E-state index in [9.17, 15) is 4.79 Å². The molecule has 0 aromatic heterocycles. The number of hydrogen-bond acceptors (Lipinski definition) is 3. The van der Waals surface area contributed by atoms with Gasteiger partial charge in [-0.15, -0.1) is 0 Å². The van der Waals surface area contributed by atoms with Gasteiger partial charge in [0.05, 0.1) is 11.5 Å². The number of carbonyl (C=O) groups is 1. The lowest BCUT2D eigenvalue weighted by Gasteiger charge is -2.32. The van der Waals surface area contributed by atoms with Crippen molar-refractivity contribution in [2.24, 2.45) is 5.41 Å². The fourth-order valence-electron chi connectivity index (χ4n) is 1.81. The normalized spacial score (nSPS) is 23.6. The molecule has 1 saturated carbocycles. The van der Waals surface area contributed by atoms with Crippen LogP contribution < -0.4 is 5.32 Å². The lowest BCUT2D eigenvalue weighted by Crippen LogP contribution is -2.47. The van der Waals surface area contributed by atoms with Crippen LogP contribution in [-0.2, 0) is 9.53 Å². The van der Waals surface area contributed by atoms with Crippen LogP contribution in [-0.4, -0.2) is 24.7 Å². The minimum Gasteiger partial charge on any atom is -0.381 e. The van der Waals surface area contributed by atoms with Crippen LogP contribution in [0.5, 0.6) is 0 Å². The largest absolute Gasteiger partial charge is 0.381 e. The molecule has 0 spiro atoms. The Morgan fingerprint density at radius 3 is 2.18 bits per heavy atom. The van der Waals surface area contributed by atoms with Crippen molar-refractivity contribution in [2.45, 2.75) is 52.0 Å². The van der Waals surface area contributed by atoms with E-state index in [0.717, 1.165) is 25.7 Å². The Morgan fingerprint density at radius 1 is 1.24 bits per heavy atom. The first kappa shape index (κ1) is 14.0. The second kappa shape index (κ2) is 5.50. The predicted molar refractivity (Wildman–Crippen MR) is 65.2 cm³/mol. The van der Waals surface area contributed by atoms with Crippen LogP contribution in [0.4, 0.5) is 0 Å². The van der Waals surface area contributed by atoms with Crippen molar-refractivity contribution < 1.29 is 9.53 Å². The standard InChI is InChI=1S/C11H16N2O2.C2H6/c1-10(4-6-15-7-5-10)9(14)13-11(8-12)2-3-11;1-2/h2-7H2,1H3,(H,13,14);1-2H3. The Kier molecular flexibility index (Phi) is 4.53. The molecule has 2 fully saturated rings. The van der Waals surface area contributed by atoms with Crippen molar-refractivity contribution >= 4 is 5.91 Å². The first-order valence-electron chi connectivity index (χ1n) is 6.42. The zero-order chi connectivity index (χ0) is 12.9. The lowest BCUT2D eigenvalue weighted by molar-refractivity contribution is -0.135. The minimum absolute atomic E-state index is 0.0184. The van der Waals surface area contributed by atoms with Crippen LogP contribution in [0.15, 0.2) is 0 Å². The summed E-state index contributed by atoms with van der Waals surface area (Å²) in [7, 11) is 0. The third-order valence-corrected chi connectivity index (χ3v) is 3.46. The Bertz CT molecular complexity index is 310. The topological polar surface area (TPSA) is 62.1 Å². The second-order valence-corrected chi connectivity index (χ2v) is 4.82. The van der Waals surface area contributed by atoms with Gasteiger partial charge in [0.1, 0.15) is 5.54 Å². The van der Waals surface area contributed by atoms with Crippen molar-refractivity contribution in [1.82, 2.24) is 5.32 Å². The molecule has 96 valence electrons. The van der Waals surface area contributed by atoms with Gasteiger partial charge in [-0.25, -0.2) is 0 Å². The summed E-state index contributed by atoms with van der Waals surface area (Å²) in [6.45, 7) is 7.24. The molecule has 1 amide bonds. The maximum Gasteiger partial charge on any atom is 0.227 e. The SMILES string of the molecule is CC.CC1(C(=O)NC2(C#N)CC2)CCOCC1. The highest BCUT2D eigenvalue weighted by Gasteiger charge is 2.48. The van der Waals surface area contributed by atoms with Gasteiger partial charge in [-0.2, -0.15) is 5.26 Å². The monoisotopic (exact) mass is 238 g/mol. The van der Waals surface area contributed by atoms with Crippen molar-refractivity contribution in [3.05, 3.63) is 0 Å². The van der Waals surface area contributed by atoms with Gasteiger partial charge < -0.3 is 10.1 Å². The van der Waals surface area contributed by atoms with E-state index >= 15 is 0 Å². The molecule has 1 heterocycles. The predicted octanol–water partition coefficient (Wildman–Crippen LogP) is 2.00. The van der Waals surface area contributed by atoms with Crippen LogP contribution in [0.1, 0.15) is 46.5 Å². The maximum absolute atomic E-state index is 12.0. The number of amides is 1. The highest BCUT2D eigenvalue weighted by Crippen LogP contribution is 2.37. The summed E-state index contributed by atoms with van der Waals surface area (Å²) in [5.41, 5.74) is -0.886. The molecular weight excluding hydrogens is 216 g/mol. The summed E-state index contributed by atoms with van der Waals surface area (Å²) in [6, 6.07) is 2.18. The van der Waals surface area contributed by atoms with Gasteiger partial charge in [-0.1, -0.05) is 20.8 Å². The zero-order valence-corrected chi connectivity index (χ0v) is 11.0. The molecule has 4 heteroatoms. The Morgan fingerprint density at radius 2 is 1.76 bits per heavy atom. The number of ether oxygens (including phenoxy) is 1. The van der Waals surface area contributed by atoms with Gasteiger partial charge in [0.15, 0.2) is 0 Å². The van der Waals surface area contributed by atoms with Crippen molar-refractivity contribution in [1.29, 1.82) is 5.26 Å². The highest BCUT2D eigenvalue weighted by molar-refractivity contribution is 5.83. The first-order chi connectivity index (χ1) is 8.10. The molecule has 0 radical (unpaired) electrons. The average Bonchev–Trinajstić information content (AvgIpc) is 3.13. The van der Waals surface area contributed by atoms with E-state index < -0.39 is 5.54 Å². The molecule has 1 aliphatic carbocycles. The Balaban J connectivity index is 0.000000686. The van der Waals surface area contributed by atoms with E-state index in [4.69, 9.17) is 10.00 Å². The van der Waals surface area contributed by atoms with E-state index in [-0.39, 0.29) is 11.3 Å². The molecule has 1 saturated heterocycles. The molecule has 2 aliphatic rings. The van der Waals surface area contributed by atoms with Crippen molar-refractivity contribution in [2.75, 3.05) is 13.2 Å². The zero-order valence-electron chi connectivity index (χ0n) is 11.0. The molecule has 0 unspecified atom stereocenters. The molecule has 1 aliphatic heterocycles. The lowest BCUT2D eigenvalue weighted by atomic mass is 9.81. The summed E-state index contributed by atoms with van der Waals surface area (Å²) < 4.78 is 5.24. The quantitative estimate of drug-likeness (QED) is 0.800. The average molecular weight is 238 g/mol. The van der Waals surface area contributed by atoms with Crippen LogP contribution >= 0.6 is 0 Å². The van der Waals surface area contributed by atoms with Gasteiger partial charge in [-0.05, 0) is 25.7 Å². The van der Waals surface area contributed by atoms with Gasteiger partial charge in [0.2, 0.25) is 5.91 Å². The van der Waals surface area contributed by atoms with Gasteiger partial charge in [-0.3, -0.25) is 4.79 Å². The van der Waals surface area contributed by atoms with E-state index in [0.29, 0.717) is 13.2 Å². The highest BCUT2D eigenvalue weighted by atomic mass is 16.5. The van der Waals surface area contributed by atoms with Crippen molar-refractivity contribution in [3.63, 3.8) is 0 Å². The van der Waals surface area contributed by atoms with Crippen LogP contribution in [0.2, 0.25) is 0 Å². The van der Waals surface area contributed by atoms with E-state index in [1.165, 1.54) is 0 Å². The molecule has 1 N–H and O–H groups in total. The van der Waals surface area contributed by atoms with Gasteiger partial charge in [0, 0.05) is 13.2 Å². The number of carbonyl (C=O) groups excluding carboxylic acids is 1. The molecule has 2 rings (SSSR count). The van der Waals surface area contributed by atoms with Crippen molar-refractivity contribution in [3.8, 4) is 6.07 Å². The first-order valence-corrected chi connectivity index (χ1v) is 6.42. The Hall–Kier alpha value is -1.08. The number of nitriles is 1.